The smallest absolute Gasteiger partial charge is 0.414 e. The topological polar surface area (TPSA) is 92.5 Å². The highest BCUT2D eigenvalue weighted by Crippen LogP contribution is 2.79. The molecule has 0 spiro atoms. The minimum absolute atomic E-state index is 0.464. The van der Waals surface area contributed by atoms with Crippen molar-refractivity contribution in [3.63, 3.8) is 0 Å². The standard InChI is InChI=1S/C36H34N3O6P3/c1-3-20-31(4-2)40-46(41-32-21-10-5-11-22-32)37-47(42-33-23-12-6-13-24-33,43-34-25-14-7-15-26-34)39-48(38-46,44-35-27-16-8-17-28-35)45-36-29-18-9-19-30-36/h3-30H,1-2H3. The third-order valence-corrected chi connectivity index (χ3v) is 14.5. The Bertz CT molecular complexity index is 1850. The van der Waals surface area contributed by atoms with Gasteiger partial charge in [0.15, 0.2) is 0 Å². The van der Waals surface area contributed by atoms with E-state index in [0.29, 0.717) is 34.5 Å². The van der Waals surface area contributed by atoms with Crippen LogP contribution >= 0.6 is 23.0 Å². The van der Waals surface area contributed by atoms with Crippen molar-refractivity contribution in [2.45, 2.75) is 13.8 Å². The lowest BCUT2D eigenvalue weighted by atomic mass is 10.3. The van der Waals surface area contributed by atoms with Crippen LogP contribution in [0.25, 0.3) is 0 Å². The second kappa shape index (κ2) is 15.3. The van der Waals surface area contributed by atoms with E-state index in [2.05, 4.69) is 0 Å². The van der Waals surface area contributed by atoms with E-state index in [1.54, 1.807) is 72.8 Å². The van der Waals surface area contributed by atoms with Crippen LogP contribution in [0.1, 0.15) is 13.8 Å². The van der Waals surface area contributed by atoms with E-state index in [1.807, 2.05) is 111 Å². The number of nitrogens with zero attached hydrogens (tertiary/aromatic N) is 3. The fourth-order valence-electron chi connectivity index (χ4n) is 4.33. The van der Waals surface area contributed by atoms with E-state index in [0.717, 1.165) is 0 Å². The zero-order chi connectivity index (χ0) is 33.1. The molecule has 5 aromatic carbocycles. The van der Waals surface area contributed by atoms with Crippen molar-refractivity contribution in [3.8, 4) is 28.7 Å². The normalized spacial score (nSPS) is 17.9. The van der Waals surface area contributed by atoms with Crippen molar-refractivity contribution in [2.24, 2.45) is 13.5 Å². The number of rotatable bonds is 13. The zero-order valence-electron chi connectivity index (χ0n) is 26.3. The van der Waals surface area contributed by atoms with E-state index >= 15 is 0 Å². The van der Waals surface area contributed by atoms with Crippen LogP contribution in [0.5, 0.6) is 28.7 Å². The first-order chi connectivity index (χ1) is 23.5. The number of hydrogen-bond donors (Lipinski definition) is 0. The molecule has 9 nitrogen and oxygen atoms in total. The highest BCUT2D eigenvalue weighted by molar-refractivity contribution is 7.79. The molecule has 5 aromatic rings. The summed E-state index contributed by atoms with van der Waals surface area (Å²) in [4.78, 5) is 0. The maximum absolute atomic E-state index is 6.74. The summed E-state index contributed by atoms with van der Waals surface area (Å²) in [5.41, 5.74) is 0. The van der Waals surface area contributed by atoms with Crippen LogP contribution in [0.3, 0.4) is 0 Å². The molecule has 12 heteroatoms. The molecule has 0 amide bonds. The van der Waals surface area contributed by atoms with Gasteiger partial charge >= 0.3 is 23.0 Å². The molecular formula is C36H34N3O6P3. The third kappa shape index (κ3) is 8.50. The summed E-state index contributed by atoms with van der Waals surface area (Å²) in [6.45, 7) is 3.75. The first-order valence-electron chi connectivity index (χ1n) is 15.1. The van der Waals surface area contributed by atoms with Crippen molar-refractivity contribution < 1.29 is 27.1 Å². The molecule has 0 aromatic heterocycles. The van der Waals surface area contributed by atoms with Gasteiger partial charge in [-0.3, -0.25) is 0 Å². The molecule has 1 atom stereocenters. The molecule has 1 heterocycles. The molecule has 0 bridgehead atoms. The quantitative estimate of drug-likeness (QED) is 0.0691. The van der Waals surface area contributed by atoms with Gasteiger partial charge in [-0.05, 0) is 86.7 Å². The highest BCUT2D eigenvalue weighted by atomic mass is 31.3. The Morgan fingerprint density at radius 2 is 0.688 bits per heavy atom. The van der Waals surface area contributed by atoms with Crippen molar-refractivity contribution >= 4 is 23.0 Å². The fraction of sp³-hybridized carbons (Fsp3) is 0.0556. The van der Waals surface area contributed by atoms with Crippen LogP contribution in [0, 0.1) is 0 Å². The Labute approximate surface area is 281 Å². The Balaban J connectivity index is 1.71. The van der Waals surface area contributed by atoms with Crippen LogP contribution in [-0.2, 0) is 4.52 Å². The Hall–Kier alpha value is -4.93. The third-order valence-electron chi connectivity index (χ3n) is 6.36. The van der Waals surface area contributed by atoms with Gasteiger partial charge in [0.05, 0.1) is 0 Å². The summed E-state index contributed by atoms with van der Waals surface area (Å²) >= 11 is 0. The summed E-state index contributed by atoms with van der Waals surface area (Å²) < 4.78 is 56.0. The zero-order valence-corrected chi connectivity index (χ0v) is 29.0. The molecule has 0 aliphatic carbocycles. The number of allylic oxidation sites excluding steroid dienone is 3. The van der Waals surface area contributed by atoms with Crippen molar-refractivity contribution in [1.82, 2.24) is 0 Å². The summed E-state index contributed by atoms with van der Waals surface area (Å²) in [5, 5.41) is 0. The van der Waals surface area contributed by atoms with E-state index in [-0.39, 0.29) is 0 Å². The van der Waals surface area contributed by atoms with Crippen molar-refractivity contribution in [1.29, 1.82) is 0 Å². The van der Waals surface area contributed by atoms with Crippen LogP contribution in [0.2, 0.25) is 0 Å². The van der Waals surface area contributed by atoms with Gasteiger partial charge in [-0.15, -0.1) is 0 Å². The number of hydrogen-bond acceptors (Lipinski definition) is 9. The summed E-state index contributed by atoms with van der Waals surface area (Å²) in [6.07, 6.45) is 5.47. The van der Waals surface area contributed by atoms with E-state index in [9.17, 15) is 0 Å². The highest BCUT2D eigenvalue weighted by Gasteiger charge is 2.48. The molecule has 0 radical (unpaired) electrons. The van der Waals surface area contributed by atoms with Gasteiger partial charge in [0, 0.05) is 0 Å². The average Bonchev–Trinajstić information content (AvgIpc) is 3.10. The Morgan fingerprint density at radius 3 is 0.979 bits per heavy atom. The molecule has 0 N–H and O–H groups in total. The number of benzene rings is 5. The summed E-state index contributed by atoms with van der Waals surface area (Å²) in [6, 6.07) is 46.1. The number of para-hydroxylation sites is 5. The molecule has 0 saturated carbocycles. The molecule has 6 rings (SSSR count). The van der Waals surface area contributed by atoms with Crippen LogP contribution in [-0.4, -0.2) is 0 Å². The molecule has 1 aliphatic rings. The predicted octanol–water partition coefficient (Wildman–Crippen LogP) is 12.7. The minimum Gasteiger partial charge on any atom is -0.414 e. The Kier molecular flexibility index (Phi) is 10.5. The minimum atomic E-state index is -3.87. The van der Waals surface area contributed by atoms with Crippen LogP contribution < -0.4 is 22.6 Å². The van der Waals surface area contributed by atoms with Gasteiger partial charge in [-0.1, -0.05) is 111 Å². The van der Waals surface area contributed by atoms with Crippen LogP contribution in [0.4, 0.5) is 0 Å². The summed E-state index contributed by atoms with van der Waals surface area (Å²) in [5.74, 6) is 2.78. The second-order valence-corrected chi connectivity index (χ2v) is 16.2. The first kappa shape index (κ1) is 33.0. The van der Waals surface area contributed by atoms with Gasteiger partial charge in [-0.25, -0.2) is 0 Å². The molecule has 1 aliphatic heterocycles. The van der Waals surface area contributed by atoms with E-state index < -0.39 is 23.0 Å². The molecule has 48 heavy (non-hydrogen) atoms. The average molecular weight is 698 g/mol. The SMILES string of the molecule is CC=CC(=CC)OP1(Oc2ccccc2)=NP(Oc2ccccc2)(Oc2ccccc2)=NP(Oc2ccccc2)(Oc2ccccc2)=N1. The van der Waals surface area contributed by atoms with Crippen molar-refractivity contribution in [2.75, 3.05) is 0 Å². The molecule has 0 fully saturated rings. The lowest BCUT2D eigenvalue weighted by molar-refractivity contribution is 0.398. The van der Waals surface area contributed by atoms with Crippen LogP contribution in [0.15, 0.2) is 189 Å². The lowest BCUT2D eigenvalue weighted by Gasteiger charge is -2.33. The lowest BCUT2D eigenvalue weighted by Crippen LogP contribution is -2.10. The monoisotopic (exact) mass is 697 g/mol. The van der Waals surface area contributed by atoms with E-state index in [1.165, 1.54) is 0 Å². The van der Waals surface area contributed by atoms with Gasteiger partial charge in [0.2, 0.25) is 0 Å². The Morgan fingerprint density at radius 1 is 0.417 bits per heavy atom. The molecule has 1 unspecified atom stereocenters. The molecular weight excluding hydrogens is 663 g/mol. The van der Waals surface area contributed by atoms with E-state index in [4.69, 9.17) is 40.7 Å². The maximum Gasteiger partial charge on any atom is 0.460 e. The second-order valence-electron chi connectivity index (χ2n) is 10.0. The van der Waals surface area contributed by atoms with Gasteiger partial charge < -0.3 is 27.1 Å². The van der Waals surface area contributed by atoms with Gasteiger partial charge in [0.25, 0.3) is 0 Å². The molecule has 0 saturated heterocycles. The van der Waals surface area contributed by atoms with Gasteiger partial charge in [-0.2, -0.15) is 0 Å². The maximum atomic E-state index is 6.74. The fourth-order valence-corrected chi connectivity index (χ4v) is 13.4. The predicted molar refractivity (Wildman–Crippen MR) is 193 cm³/mol. The summed E-state index contributed by atoms with van der Waals surface area (Å²) in [7, 11) is -11.6. The van der Waals surface area contributed by atoms with Crippen molar-refractivity contribution in [3.05, 3.63) is 176 Å². The van der Waals surface area contributed by atoms with Gasteiger partial charge in [0.1, 0.15) is 34.5 Å². The first-order valence-corrected chi connectivity index (χ1v) is 19.7. The molecule has 244 valence electrons. The largest absolute Gasteiger partial charge is 0.460 e.